The molecular formula is C28H19FN2OS2. The number of nitriles is 2. The molecule has 0 N–H and O–H groups in total. The van der Waals surface area contributed by atoms with E-state index in [1.807, 2.05) is 98.8 Å². The van der Waals surface area contributed by atoms with Gasteiger partial charge in [-0.15, -0.1) is 0 Å². The molecule has 0 aliphatic heterocycles. The SMILES string of the molecule is Cc1cccc(Oc2c(C#N)c(C#N)c(F)c(Sc3ccccc3)c2Sc2ccccc2)c1C. The van der Waals surface area contributed by atoms with Gasteiger partial charge in [0.1, 0.15) is 29.0 Å². The van der Waals surface area contributed by atoms with E-state index < -0.39 is 5.82 Å². The second-order valence-electron chi connectivity index (χ2n) is 7.41. The van der Waals surface area contributed by atoms with Crippen LogP contribution in [0.5, 0.6) is 11.5 Å². The van der Waals surface area contributed by atoms with Crippen LogP contribution in [0, 0.1) is 42.3 Å². The Hall–Kier alpha value is -3.71. The van der Waals surface area contributed by atoms with Crippen molar-refractivity contribution in [1.82, 2.24) is 0 Å². The molecule has 0 fully saturated rings. The Morgan fingerprint density at radius 2 is 1.26 bits per heavy atom. The first kappa shape index (κ1) is 23.4. The van der Waals surface area contributed by atoms with E-state index in [9.17, 15) is 10.5 Å². The highest BCUT2D eigenvalue weighted by molar-refractivity contribution is 8.02. The van der Waals surface area contributed by atoms with Gasteiger partial charge in [-0.3, -0.25) is 0 Å². The molecule has 0 aromatic heterocycles. The van der Waals surface area contributed by atoms with E-state index in [1.54, 1.807) is 6.07 Å². The van der Waals surface area contributed by atoms with Gasteiger partial charge in [-0.05, 0) is 55.3 Å². The highest BCUT2D eigenvalue weighted by Gasteiger charge is 2.28. The van der Waals surface area contributed by atoms with Crippen molar-refractivity contribution in [3.8, 4) is 23.6 Å². The fraction of sp³-hybridized carbons (Fsp3) is 0.0714. The standard InChI is InChI=1S/C28H19FN2OS2/c1-18-10-9-15-24(19(18)2)32-26-23(17-31)22(16-30)25(29)27(33-20-11-5-3-6-12-20)28(26)34-21-13-7-4-8-14-21/h3-15H,1-2H3. The van der Waals surface area contributed by atoms with Gasteiger partial charge in [-0.2, -0.15) is 10.5 Å². The summed E-state index contributed by atoms with van der Waals surface area (Å²) in [5, 5.41) is 19.7. The zero-order chi connectivity index (χ0) is 24.1. The summed E-state index contributed by atoms with van der Waals surface area (Å²) >= 11 is 2.51. The molecule has 166 valence electrons. The minimum absolute atomic E-state index is 0.114. The molecule has 0 heterocycles. The minimum Gasteiger partial charge on any atom is -0.454 e. The number of halogens is 1. The van der Waals surface area contributed by atoms with Gasteiger partial charge in [0.05, 0.1) is 9.79 Å². The van der Waals surface area contributed by atoms with Crippen molar-refractivity contribution in [3.05, 3.63) is 107 Å². The van der Waals surface area contributed by atoms with Crippen molar-refractivity contribution in [2.45, 2.75) is 33.4 Å². The number of benzene rings is 4. The fourth-order valence-electron chi connectivity index (χ4n) is 3.30. The highest BCUT2D eigenvalue weighted by atomic mass is 32.2. The molecule has 0 aliphatic carbocycles. The third kappa shape index (κ3) is 4.79. The maximum absolute atomic E-state index is 15.8. The predicted molar refractivity (Wildman–Crippen MR) is 133 cm³/mol. The zero-order valence-electron chi connectivity index (χ0n) is 18.5. The second-order valence-corrected chi connectivity index (χ2v) is 9.57. The molecule has 4 aromatic rings. The van der Waals surface area contributed by atoms with E-state index in [2.05, 4.69) is 0 Å². The van der Waals surface area contributed by atoms with Crippen LogP contribution in [0.1, 0.15) is 22.3 Å². The molecule has 34 heavy (non-hydrogen) atoms. The quantitative estimate of drug-likeness (QED) is 0.277. The zero-order valence-corrected chi connectivity index (χ0v) is 20.1. The summed E-state index contributed by atoms with van der Waals surface area (Å²) in [6.07, 6.45) is 0. The lowest BCUT2D eigenvalue weighted by Gasteiger charge is -2.19. The first-order valence-electron chi connectivity index (χ1n) is 10.4. The molecule has 0 saturated heterocycles. The van der Waals surface area contributed by atoms with E-state index in [1.165, 1.54) is 23.5 Å². The Kier molecular flexibility index (Phi) is 7.23. The smallest absolute Gasteiger partial charge is 0.161 e. The Labute approximate surface area is 206 Å². The third-order valence-electron chi connectivity index (χ3n) is 5.23. The second kappa shape index (κ2) is 10.5. The van der Waals surface area contributed by atoms with Crippen molar-refractivity contribution in [3.63, 3.8) is 0 Å². The average Bonchev–Trinajstić information content (AvgIpc) is 2.86. The average molecular weight is 483 g/mol. The van der Waals surface area contributed by atoms with Crippen LogP contribution in [-0.4, -0.2) is 0 Å². The third-order valence-corrected chi connectivity index (χ3v) is 7.55. The fourth-order valence-corrected chi connectivity index (χ4v) is 5.41. The topological polar surface area (TPSA) is 56.8 Å². The van der Waals surface area contributed by atoms with Crippen LogP contribution in [-0.2, 0) is 0 Å². The molecule has 0 atom stereocenters. The number of hydrogen-bond donors (Lipinski definition) is 0. The number of hydrogen-bond acceptors (Lipinski definition) is 5. The Morgan fingerprint density at radius 3 is 1.82 bits per heavy atom. The number of ether oxygens (including phenoxy) is 1. The summed E-state index contributed by atoms with van der Waals surface area (Å²) in [7, 11) is 0. The Balaban J connectivity index is 2.00. The van der Waals surface area contributed by atoms with Crippen LogP contribution in [0.25, 0.3) is 0 Å². The summed E-state index contributed by atoms with van der Waals surface area (Å²) in [5.74, 6) is 0.0126. The Bertz CT molecular complexity index is 1430. The number of aryl methyl sites for hydroxylation is 1. The summed E-state index contributed by atoms with van der Waals surface area (Å²) in [6, 6.07) is 28.4. The van der Waals surface area contributed by atoms with Gasteiger partial charge in [0.2, 0.25) is 0 Å². The van der Waals surface area contributed by atoms with Crippen LogP contribution >= 0.6 is 23.5 Å². The van der Waals surface area contributed by atoms with Crippen molar-refractivity contribution >= 4 is 23.5 Å². The minimum atomic E-state index is -0.723. The van der Waals surface area contributed by atoms with Gasteiger partial charge in [-0.1, -0.05) is 72.1 Å². The molecule has 0 unspecified atom stereocenters. The maximum Gasteiger partial charge on any atom is 0.161 e. The lowest BCUT2D eigenvalue weighted by atomic mass is 10.1. The summed E-state index contributed by atoms with van der Waals surface area (Å²) in [4.78, 5) is 2.36. The highest BCUT2D eigenvalue weighted by Crippen LogP contribution is 2.49. The summed E-state index contributed by atoms with van der Waals surface area (Å²) < 4.78 is 22.1. The molecule has 4 aromatic carbocycles. The first-order chi connectivity index (χ1) is 16.5. The van der Waals surface area contributed by atoms with Crippen molar-refractivity contribution in [2.24, 2.45) is 0 Å². The van der Waals surface area contributed by atoms with Crippen LogP contribution < -0.4 is 4.74 Å². The molecule has 0 spiro atoms. The van der Waals surface area contributed by atoms with E-state index in [4.69, 9.17) is 4.74 Å². The van der Waals surface area contributed by atoms with Gasteiger partial charge < -0.3 is 4.74 Å². The van der Waals surface area contributed by atoms with Gasteiger partial charge in [0.25, 0.3) is 0 Å². The number of rotatable bonds is 6. The van der Waals surface area contributed by atoms with Gasteiger partial charge in [-0.25, -0.2) is 4.39 Å². The van der Waals surface area contributed by atoms with E-state index in [-0.39, 0.29) is 21.8 Å². The molecule has 6 heteroatoms. The molecule has 3 nitrogen and oxygen atoms in total. The van der Waals surface area contributed by atoms with Crippen molar-refractivity contribution in [2.75, 3.05) is 0 Å². The normalized spacial score (nSPS) is 10.4. The predicted octanol–water partition coefficient (Wildman–Crippen LogP) is 8.28. The lowest BCUT2D eigenvalue weighted by molar-refractivity contribution is 0.456. The lowest BCUT2D eigenvalue weighted by Crippen LogP contribution is -2.02. The molecule has 0 bridgehead atoms. The van der Waals surface area contributed by atoms with E-state index >= 15 is 4.39 Å². The molecule has 0 amide bonds. The first-order valence-corrected chi connectivity index (χ1v) is 12.1. The van der Waals surface area contributed by atoms with Crippen LogP contribution in [0.3, 0.4) is 0 Å². The van der Waals surface area contributed by atoms with Gasteiger partial charge in [0, 0.05) is 9.79 Å². The van der Waals surface area contributed by atoms with Gasteiger partial charge >= 0.3 is 0 Å². The molecular weight excluding hydrogens is 463 g/mol. The molecule has 0 saturated carbocycles. The van der Waals surface area contributed by atoms with Crippen LogP contribution in [0.2, 0.25) is 0 Å². The largest absolute Gasteiger partial charge is 0.454 e. The molecule has 0 radical (unpaired) electrons. The van der Waals surface area contributed by atoms with E-state index in [0.717, 1.165) is 20.9 Å². The Morgan fingerprint density at radius 1 is 0.706 bits per heavy atom. The molecule has 0 aliphatic rings. The van der Waals surface area contributed by atoms with E-state index in [0.29, 0.717) is 10.6 Å². The maximum atomic E-state index is 15.8. The number of nitrogens with zero attached hydrogens (tertiary/aromatic N) is 2. The molecule has 4 rings (SSSR count). The van der Waals surface area contributed by atoms with Crippen molar-refractivity contribution in [1.29, 1.82) is 10.5 Å². The monoisotopic (exact) mass is 482 g/mol. The van der Waals surface area contributed by atoms with Crippen molar-refractivity contribution < 1.29 is 9.13 Å². The summed E-state index contributed by atoms with van der Waals surface area (Å²) in [6.45, 7) is 3.89. The van der Waals surface area contributed by atoms with Crippen LogP contribution in [0.4, 0.5) is 4.39 Å². The van der Waals surface area contributed by atoms with Crippen LogP contribution in [0.15, 0.2) is 98.4 Å². The summed E-state index contributed by atoms with van der Waals surface area (Å²) in [5.41, 5.74) is 1.49. The van der Waals surface area contributed by atoms with Gasteiger partial charge in [0.15, 0.2) is 11.6 Å².